The Morgan fingerprint density at radius 3 is 2.17 bits per heavy atom. The van der Waals surface area contributed by atoms with Gasteiger partial charge in [0.25, 0.3) is 0 Å². The number of likely N-dealkylation sites (N-methyl/N-ethyl adjacent to an activating group) is 1. The maximum Gasteiger partial charge on any atom is 0.236 e. The van der Waals surface area contributed by atoms with Crippen molar-refractivity contribution < 1.29 is 13.2 Å². The highest BCUT2D eigenvalue weighted by Gasteiger charge is 2.29. The largest absolute Gasteiger partial charge is 0.339 e. The van der Waals surface area contributed by atoms with Crippen LogP contribution >= 0.6 is 0 Å². The van der Waals surface area contributed by atoms with Crippen molar-refractivity contribution in [2.45, 2.75) is 19.2 Å². The van der Waals surface area contributed by atoms with Gasteiger partial charge in [-0.15, -0.1) is 0 Å². The Labute approximate surface area is 173 Å². The minimum Gasteiger partial charge on any atom is -0.339 e. The van der Waals surface area contributed by atoms with E-state index in [4.69, 9.17) is 0 Å². The van der Waals surface area contributed by atoms with E-state index in [2.05, 4.69) is 31.2 Å². The molecule has 7 heteroatoms. The smallest absolute Gasteiger partial charge is 0.236 e. The van der Waals surface area contributed by atoms with Gasteiger partial charge in [0.1, 0.15) is 0 Å². The second kappa shape index (κ2) is 9.52. The van der Waals surface area contributed by atoms with E-state index in [0.717, 1.165) is 5.56 Å². The molecule has 6 nitrogen and oxygen atoms in total. The molecule has 0 bridgehead atoms. The molecule has 1 amide bonds. The van der Waals surface area contributed by atoms with Crippen molar-refractivity contribution >= 4 is 15.9 Å². The first-order chi connectivity index (χ1) is 13.8. The van der Waals surface area contributed by atoms with Crippen molar-refractivity contribution in [3.05, 3.63) is 71.3 Å². The lowest BCUT2D eigenvalue weighted by Crippen LogP contribution is -2.52. The Morgan fingerprint density at radius 1 is 0.931 bits per heavy atom. The second-order valence-corrected chi connectivity index (χ2v) is 9.65. The zero-order chi connectivity index (χ0) is 20.9. The third-order valence-corrected chi connectivity index (χ3v) is 7.00. The number of benzene rings is 2. The maximum absolute atomic E-state index is 12.7. The first-order valence-electron chi connectivity index (χ1n) is 9.87. The monoisotopic (exact) mass is 415 g/mol. The van der Waals surface area contributed by atoms with Crippen LogP contribution in [0, 0.1) is 6.92 Å². The van der Waals surface area contributed by atoms with E-state index < -0.39 is 10.0 Å². The molecule has 29 heavy (non-hydrogen) atoms. The average Bonchev–Trinajstić information content (AvgIpc) is 2.70. The highest BCUT2D eigenvalue weighted by Crippen LogP contribution is 2.14. The highest BCUT2D eigenvalue weighted by atomic mass is 32.2. The van der Waals surface area contributed by atoms with E-state index >= 15 is 0 Å². The van der Waals surface area contributed by atoms with Gasteiger partial charge in [0.05, 0.1) is 12.3 Å². The molecule has 1 heterocycles. The Balaban J connectivity index is 1.48. The molecule has 1 saturated heterocycles. The van der Waals surface area contributed by atoms with Crippen LogP contribution in [-0.4, -0.2) is 68.2 Å². The lowest BCUT2D eigenvalue weighted by Gasteiger charge is -2.34. The summed E-state index contributed by atoms with van der Waals surface area (Å²) < 4.78 is 26.8. The molecular formula is C22H29N3O3S. The van der Waals surface area contributed by atoms with Gasteiger partial charge < -0.3 is 4.90 Å². The fourth-order valence-corrected chi connectivity index (χ4v) is 5.00. The number of hydrogen-bond acceptors (Lipinski definition) is 4. The molecule has 1 aliphatic heterocycles. The van der Waals surface area contributed by atoms with Crippen LogP contribution in [-0.2, 0) is 27.1 Å². The molecule has 0 unspecified atom stereocenters. The summed E-state index contributed by atoms with van der Waals surface area (Å²) in [6.07, 6.45) is 0. The van der Waals surface area contributed by atoms with Crippen molar-refractivity contribution in [2.75, 3.05) is 39.8 Å². The number of aryl methyl sites for hydroxylation is 1. The van der Waals surface area contributed by atoms with Crippen LogP contribution in [0.4, 0.5) is 0 Å². The molecule has 1 fully saturated rings. The third kappa shape index (κ3) is 6.13. The van der Waals surface area contributed by atoms with Gasteiger partial charge in [-0.25, -0.2) is 8.42 Å². The number of rotatable bonds is 7. The Bertz CT molecular complexity index is 906. The molecule has 0 atom stereocenters. The van der Waals surface area contributed by atoms with Crippen molar-refractivity contribution in [1.82, 2.24) is 14.1 Å². The van der Waals surface area contributed by atoms with Crippen molar-refractivity contribution in [2.24, 2.45) is 0 Å². The van der Waals surface area contributed by atoms with Crippen LogP contribution in [0.5, 0.6) is 0 Å². The van der Waals surface area contributed by atoms with E-state index in [0.29, 0.717) is 39.3 Å². The Morgan fingerprint density at radius 2 is 1.55 bits per heavy atom. The molecule has 0 radical (unpaired) electrons. The minimum atomic E-state index is -3.37. The summed E-state index contributed by atoms with van der Waals surface area (Å²) in [6.45, 7) is 4.65. The van der Waals surface area contributed by atoms with Crippen molar-refractivity contribution in [1.29, 1.82) is 0 Å². The quantitative estimate of drug-likeness (QED) is 0.695. The van der Waals surface area contributed by atoms with Crippen LogP contribution in [0.3, 0.4) is 0 Å². The van der Waals surface area contributed by atoms with Gasteiger partial charge in [-0.3, -0.25) is 9.69 Å². The topological polar surface area (TPSA) is 60.9 Å². The predicted octanol–water partition coefficient (Wildman–Crippen LogP) is 2.10. The van der Waals surface area contributed by atoms with Gasteiger partial charge in [-0.05, 0) is 25.1 Å². The molecule has 2 aromatic rings. The number of nitrogens with zero attached hydrogens (tertiary/aromatic N) is 3. The van der Waals surface area contributed by atoms with Crippen LogP contribution < -0.4 is 0 Å². The summed E-state index contributed by atoms with van der Waals surface area (Å²) >= 11 is 0. The van der Waals surface area contributed by atoms with E-state index in [1.54, 1.807) is 4.90 Å². The molecule has 2 aromatic carbocycles. The van der Waals surface area contributed by atoms with E-state index in [1.165, 1.54) is 15.4 Å². The number of sulfonamides is 1. The molecule has 1 aliphatic rings. The maximum atomic E-state index is 12.7. The van der Waals surface area contributed by atoms with Crippen molar-refractivity contribution in [3.63, 3.8) is 0 Å². The van der Waals surface area contributed by atoms with E-state index in [1.807, 2.05) is 42.3 Å². The number of amides is 1. The Hall–Kier alpha value is -2.22. The van der Waals surface area contributed by atoms with Gasteiger partial charge in [-0.1, -0.05) is 60.2 Å². The first-order valence-corrected chi connectivity index (χ1v) is 11.5. The highest BCUT2D eigenvalue weighted by molar-refractivity contribution is 7.88. The van der Waals surface area contributed by atoms with E-state index in [9.17, 15) is 13.2 Å². The molecule has 0 aromatic heterocycles. The van der Waals surface area contributed by atoms with E-state index in [-0.39, 0.29) is 11.7 Å². The summed E-state index contributed by atoms with van der Waals surface area (Å²) in [4.78, 5) is 16.4. The normalized spacial score (nSPS) is 15.6. The summed E-state index contributed by atoms with van der Waals surface area (Å²) in [6, 6.07) is 17.5. The fraction of sp³-hybridized carbons (Fsp3) is 0.409. The summed E-state index contributed by atoms with van der Waals surface area (Å²) in [5.74, 6) is 0.0425. The summed E-state index contributed by atoms with van der Waals surface area (Å²) in [5, 5.41) is 0. The first kappa shape index (κ1) is 21.5. The molecule has 0 spiro atoms. The zero-order valence-electron chi connectivity index (χ0n) is 17.1. The van der Waals surface area contributed by atoms with Crippen LogP contribution in [0.2, 0.25) is 0 Å². The fourth-order valence-electron chi connectivity index (χ4n) is 3.48. The number of piperazine rings is 1. The minimum absolute atomic E-state index is 0.00107. The summed E-state index contributed by atoms with van der Waals surface area (Å²) in [7, 11) is -1.44. The molecule has 3 rings (SSSR count). The number of carbonyl (C=O) groups excluding carboxylic acids is 1. The van der Waals surface area contributed by atoms with Crippen LogP contribution in [0.15, 0.2) is 54.6 Å². The van der Waals surface area contributed by atoms with Gasteiger partial charge in [0.2, 0.25) is 15.9 Å². The second-order valence-electron chi connectivity index (χ2n) is 7.68. The zero-order valence-corrected chi connectivity index (χ0v) is 17.9. The lowest BCUT2D eigenvalue weighted by molar-refractivity contribution is -0.133. The van der Waals surface area contributed by atoms with Gasteiger partial charge in [0.15, 0.2) is 0 Å². The van der Waals surface area contributed by atoms with Gasteiger partial charge >= 0.3 is 0 Å². The lowest BCUT2D eigenvalue weighted by atomic mass is 10.1. The van der Waals surface area contributed by atoms with Crippen LogP contribution in [0.25, 0.3) is 0 Å². The number of carbonyl (C=O) groups is 1. The van der Waals surface area contributed by atoms with Gasteiger partial charge in [-0.2, -0.15) is 4.31 Å². The average molecular weight is 416 g/mol. The summed E-state index contributed by atoms with van der Waals surface area (Å²) in [5.41, 5.74) is 3.17. The molecule has 0 aliphatic carbocycles. The SMILES string of the molecule is Cc1ccc(CN(C)CC(=O)N2CCN(S(=O)(=O)Cc3ccccc3)CC2)cc1. The van der Waals surface area contributed by atoms with Crippen molar-refractivity contribution in [3.8, 4) is 0 Å². The standard InChI is InChI=1S/C22H29N3O3S/c1-19-8-10-20(11-9-19)16-23(2)17-22(26)24-12-14-25(15-13-24)29(27,28)18-21-6-4-3-5-7-21/h3-11H,12-18H2,1-2H3. The van der Waals surface area contributed by atoms with Crippen LogP contribution in [0.1, 0.15) is 16.7 Å². The third-order valence-electron chi connectivity index (χ3n) is 5.15. The van der Waals surface area contributed by atoms with Gasteiger partial charge in [0, 0.05) is 32.7 Å². The predicted molar refractivity (Wildman–Crippen MR) is 115 cm³/mol. The Kier molecular flexibility index (Phi) is 7.05. The number of hydrogen-bond donors (Lipinski definition) is 0. The molecule has 0 saturated carbocycles. The molecular weight excluding hydrogens is 386 g/mol. The molecule has 156 valence electrons. The molecule has 0 N–H and O–H groups in total.